The fourth-order valence-electron chi connectivity index (χ4n) is 4.42. The third-order valence-electron chi connectivity index (χ3n) is 6.26. The molecular weight excluding hydrogens is 470 g/mol. The molecule has 1 aromatic heterocycles. The molecular formula is C23H29N7O4S. The Morgan fingerprint density at radius 1 is 1.00 bits per heavy atom. The van der Waals surface area contributed by atoms with Crippen molar-refractivity contribution in [2.24, 2.45) is 5.92 Å². The van der Waals surface area contributed by atoms with Crippen molar-refractivity contribution in [1.29, 1.82) is 0 Å². The first-order valence-electron chi connectivity index (χ1n) is 11.4. The molecule has 4 rings (SSSR count). The van der Waals surface area contributed by atoms with E-state index in [9.17, 15) is 18.5 Å². The van der Waals surface area contributed by atoms with Gasteiger partial charge in [-0.05, 0) is 47.5 Å². The van der Waals surface area contributed by atoms with E-state index in [4.69, 9.17) is 0 Å². The number of anilines is 1. The van der Waals surface area contributed by atoms with Gasteiger partial charge in [-0.15, -0.1) is 5.10 Å². The molecule has 0 spiro atoms. The van der Waals surface area contributed by atoms with E-state index < -0.39 is 14.8 Å². The van der Waals surface area contributed by atoms with Crippen LogP contribution >= 0.6 is 0 Å². The Labute approximate surface area is 204 Å². The first-order valence-corrected chi connectivity index (χ1v) is 13.1. The van der Waals surface area contributed by atoms with E-state index >= 15 is 0 Å². The third kappa shape index (κ3) is 5.49. The van der Waals surface area contributed by atoms with Gasteiger partial charge in [-0.25, -0.2) is 13.1 Å². The second-order valence-electron chi connectivity index (χ2n) is 9.08. The minimum Gasteiger partial charge on any atom is -0.369 e. The van der Waals surface area contributed by atoms with Crippen LogP contribution in [0.25, 0.3) is 0 Å². The lowest BCUT2D eigenvalue weighted by Crippen LogP contribution is -2.49. The van der Waals surface area contributed by atoms with E-state index in [2.05, 4.69) is 39.2 Å². The summed E-state index contributed by atoms with van der Waals surface area (Å²) in [4.78, 5) is 15.2. The molecule has 3 aromatic rings. The maximum absolute atomic E-state index is 13.0. The van der Waals surface area contributed by atoms with Gasteiger partial charge < -0.3 is 4.90 Å². The molecule has 1 atom stereocenters. The number of non-ortho nitro benzene ring substituents is 1. The van der Waals surface area contributed by atoms with Crippen LogP contribution in [0.1, 0.15) is 31.3 Å². The highest BCUT2D eigenvalue weighted by atomic mass is 32.2. The van der Waals surface area contributed by atoms with Gasteiger partial charge in [0.15, 0.2) is 21.5 Å². The standard InChI is InChI=1S/C23H29N7O4S/c1-17(2)22(28-14-12-27(13-15-28)19-6-8-20(9-7-19)30(31)32)23-24-25-26-29(23)16-35(33,34)21-10-4-18(3)5-11-21/h4-11,17,22H,12-16H2,1-3H3/t22-/m1/s1. The van der Waals surface area contributed by atoms with Crippen LogP contribution in [0.15, 0.2) is 53.4 Å². The zero-order chi connectivity index (χ0) is 25.2. The number of aromatic nitrogens is 4. The highest BCUT2D eigenvalue weighted by molar-refractivity contribution is 7.90. The largest absolute Gasteiger partial charge is 0.369 e. The zero-order valence-electron chi connectivity index (χ0n) is 20.0. The number of benzene rings is 2. The van der Waals surface area contributed by atoms with Gasteiger partial charge in [0.25, 0.3) is 5.69 Å². The van der Waals surface area contributed by atoms with Gasteiger partial charge in [0.05, 0.1) is 15.9 Å². The summed E-state index contributed by atoms with van der Waals surface area (Å²) < 4.78 is 27.4. The van der Waals surface area contributed by atoms with E-state index in [1.54, 1.807) is 36.4 Å². The number of piperazine rings is 1. The van der Waals surface area contributed by atoms with Crippen molar-refractivity contribution in [3.63, 3.8) is 0 Å². The van der Waals surface area contributed by atoms with Crippen molar-refractivity contribution < 1.29 is 13.3 Å². The number of rotatable bonds is 8. The third-order valence-corrected chi connectivity index (χ3v) is 7.84. The van der Waals surface area contributed by atoms with Crippen molar-refractivity contribution in [3.8, 4) is 0 Å². The molecule has 0 unspecified atom stereocenters. The molecule has 0 amide bonds. The molecule has 186 valence electrons. The Bertz CT molecular complexity index is 1270. The first-order chi connectivity index (χ1) is 16.7. The Morgan fingerprint density at radius 2 is 1.63 bits per heavy atom. The van der Waals surface area contributed by atoms with Gasteiger partial charge in [0.1, 0.15) is 0 Å². The van der Waals surface area contributed by atoms with Gasteiger partial charge in [-0.1, -0.05) is 31.5 Å². The molecule has 0 bridgehead atoms. The fraction of sp³-hybridized carbons (Fsp3) is 0.435. The highest BCUT2D eigenvalue weighted by Gasteiger charge is 2.32. The first kappa shape index (κ1) is 24.7. The predicted molar refractivity (Wildman–Crippen MR) is 131 cm³/mol. The lowest BCUT2D eigenvalue weighted by atomic mass is 10.0. The second-order valence-corrected chi connectivity index (χ2v) is 11.0. The molecule has 1 saturated heterocycles. The monoisotopic (exact) mass is 499 g/mol. The van der Waals surface area contributed by atoms with Crippen molar-refractivity contribution in [1.82, 2.24) is 25.1 Å². The Balaban J connectivity index is 1.49. The van der Waals surface area contributed by atoms with E-state index in [0.717, 1.165) is 37.4 Å². The van der Waals surface area contributed by atoms with Crippen LogP contribution in [-0.4, -0.2) is 64.6 Å². The van der Waals surface area contributed by atoms with E-state index in [-0.39, 0.29) is 28.4 Å². The topological polar surface area (TPSA) is 127 Å². The van der Waals surface area contributed by atoms with Crippen molar-refractivity contribution in [2.45, 2.75) is 37.6 Å². The number of nitrogens with zero attached hydrogens (tertiary/aromatic N) is 7. The number of nitro groups is 1. The number of tetrazole rings is 1. The number of hydrogen-bond donors (Lipinski definition) is 0. The smallest absolute Gasteiger partial charge is 0.269 e. The Kier molecular flexibility index (Phi) is 7.13. The molecule has 2 aromatic carbocycles. The summed E-state index contributed by atoms with van der Waals surface area (Å²) in [5, 5.41) is 23.0. The van der Waals surface area contributed by atoms with Crippen LogP contribution < -0.4 is 4.90 Å². The molecule has 11 nitrogen and oxygen atoms in total. The average molecular weight is 500 g/mol. The number of hydrogen-bond acceptors (Lipinski definition) is 9. The molecule has 0 N–H and O–H groups in total. The predicted octanol–water partition coefficient (Wildman–Crippen LogP) is 2.84. The van der Waals surface area contributed by atoms with Crippen LogP contribution in [0.5, 0.6) is 0 Å². The summed E-state index contributed by atoms with van der Waals surface area (Å²) >= 11 is 0. The van der Waals surface area contributed by atoms with Crippen molar-refractivity contribution in [2.75, 3.05) is 31.1 Å². The Morgan fingerprint density at radius 3 is 2.20 bits per heavy atom. The maximum Gasteiger partial charge on any atom is 0.269 e. The summed E-state index contributed by atoms with van der Waals surface area (Å²) in [6.45, 7) is 8.94. The molecule has 1 fully saturated rings. The van der Waals surface area contributed by atoms with Crippen molar-refractivity contribution in [3.05, 3.63) is 70.0 Å². The molecule has 0 radical (unpaired) electrons. The maximum atomic E-state index is 13.0. The molecule has 2 heterocycles. The quantitative estimate of drug-likeness (QED) is 0.339. The second kappa shape index (κ2) is 10.1. The van der Waals surface area contributed by atoms with E-state index in [1.807, 2.05) is 6.92 Å². The van der Waals surface area contributed by atoms with Gasteiger partial charge in [-0.3, -0.25) is 15.0 Å². The van der Waals surface area contributed by atoms with Gasteiger partial charge in [0, 0.05) is 44.0 Å². The molecule has 12 heteroatoms. The van der Waals surface area contributed by atoms with E-state index in [1.165, 1.54) is 16.8 Å². The minimum absolute atomic E-state index is 0.0692. The molecule has 1 aliphatic rings. The van der Waals surface area contributed by atoms with Gasteiger partial charge >= 0.3 is 0 Å². The molecule has 1 aliphatic heterocycles. The minimum atomic E-state index is -3.62. The average Bonchev–Trinajstić information content (AvgIpc) is 3.26. The van der Waals surface area contributed by atoms with Gasteiger partial charge in [0.2, 0.25) is 0 Å². The summed E-state index contributed by atoms with van der Waals surface area (Å²) in [7, 11) is -3.62. The van der Waals surface area contributed by atoms with Crippen LogP contribution in [0.4, 0.5) is 11.4 Å². The molecule has 35 heavy (non-hydrogen) atoms. The molecule has 0 aliphatic carbocycles. The summed E-state index contributed by atoms with van der Waals surface area (Å²) in [5.74, 6) is 0.344. The van der Waals surface area contributed by atoms with Crippen molar-refractivity contribution >= 4 is 21.2 Å². The van der Waals surface area contributed by atoms with Crippen LogP contribution in [-0.2, 0) is 15.7 Å². The van der Waals surface area contributed by atoms with Crippen LogP contribution in [0.2, 0.25) is 0 Å². The SMILES string of the molecule is Cc1ccc(S(=O)(=O)Cn2nnnc2[C@@H](C(C)C)N2CCN(c3ccc([N+](=O)[O-])cc3)CC2)cc1. The fourth-order valence-corrected chi connectivity index (χ4v) is 5.63. The zero-order valence-corrected chi connectivity index (χ0v) is 20.8. The van der Waals surface area contributed by atoms with E-state index in [0.29, 0.717) is 5.82 Å². The lowest BCUT2D eigenvalue weighted by Gasteiger charge is -2.41. The summed E-state index contributed by atoms with van der Waals surface area (Å²) in [6, 6.07) is 13.2. The normalized spacial score (nSPS) is 15.9. The highest BCUT2D eigenvalue weighted by Crippen LogP contribution is 2.30. The number of nitro benzene ring substituents is 1. The lowest BCUT2D eigenvalue weighted by molar-refractivity contribution is -0.384. The molecule has 0 saturated carbocycles. The van der Waals surface area contributed by atoms with Crippen LogP contribution in [0.3, 0.4) is 0 Å². The number of sulfone groups is 1. The summed E-state index contributed by atoms with van der Waals surface area (Å²) in [6.07, 6.45) is 0. The van der Waals surface area contributed by atoms with Crippen LogP contribution in [0, 0.1) is 23.0 Å². The Hall–Kier alpha value is -3.38. The number of aryl methyl sites for hydroxylation is 1. The van der Waals surface area contributed by atoms with Gasteiger partial charge in [-0.2, -0.15) is 0 Å². The summed E-state index contributed by atoms with van der Waals surface area (Å²) in [5.41, 5.74) is 1.99.